The zero-order chi connectivity index (χ0) is 24.9. The number of aryl methyl sites for hydroxylation is 1. The van der Waals surface area contributed by atoms with Gasteiger partial charge in [-0.2, -0.15) is 5.10 Å². The molecule has 184 valence electrons. The molecule has 35 heavy (non-hydrogen) atoms. The number of pyridine rings is 2. The zero-order valence-electron chi connectivity index (χ0n) is 21.1. The normalized spacial score (nSPS) is 18.8. The van der Waals surface area contributed by atoms with Gasteiger partial charge in [0.05, 0.1) is 16.7 Å². The van der Waals surface area contributed by atoms with Crippen molar-refractivity contribution >= 4 is 28.4 Å². The molecule has 9 nitrogen and oxygen atoms in total. The average Bonchev–Trinajstić information content (AvgIpc) is 3.51. The Morgan fingerprint density at radius 1 is 1.29 bits per heavy atom. The number of H-pyrrole nitrogens is 1. The third-order valence-corrected chi connectivity index (χ3v) is 7.35. The van der Waals surface area contributed by atoms with E-state index in [1.165, 1.54) is 11.1 Å². The van der Waals surface area contributed by atoms with Crippen molar-refractivity contribution in [3.63, 3.8) is 0 Å². The first kappa shape index (κ1) is 23.3. The van der Waals surface area contributed by atoms with Gasteiger partial charge >= 0.3 is 0 Å². The third kappa shape index (κ3) is 4.25. The molecule has 4 aromatic heterocycles. The van der Waals surface area contributed by atoms with Crippen molar-refractivity contribution in [1.82, 2.24) is 29.5 Å². The Kier molecular flexibility index (Phi) is 5.96. The molecule has 0 bridgehead atoms. The van der Waals surface area contributed by atoms with E-state index in [0.29, 0.717) is 19.0 Å². The van der Waals surface area contributed by atoms with Crippen LogP contribution in [-0.2, 0) is 4.79 Å². The number of hydrogen-bond acceptors (Lipinski definition) is 6. The summed E-state index contributed by atoms with van der Waals surface area (Å²) in [6.07, 6.45) is 5.05. The number of nitrogens with two attached hydrogens (primary N) is 1. The van der Waals surface area contributed by atoms with Crippen LogP contribution in [0.3, 0.4) is 0 Å². The van der Waals surface area contributed by atoms with E-state index < -0.39 is 0 Å². The molecule has 0 saturated carbocycles. The minimum atomic E-state index is -0.251. The van der Waals surface area contributed by atoms with Crippen LogP contribution >= 0.6 is 0 Å². The van der Waals surface area contributed by atoms with Crippen molar-refractivity contribution in [3.8, 4) is 11.3 Å². The fourth-order valence-corrected chi connectivity index (χ4v) is 5.37. The molecule has 5 heterocycles. The zero-order valence-corrected chi connectivity index (χ0v) is 21.1. The van der Waals surface area contributed by atoms with E-state index >= 15 is 0 Å². The maximum Gasteiger partial charge on any atom is 0.218 e. The molecule has 9 heteroatoms. The number of nitrogens with zero attached hydrogens (tertiary/aromatic N) is 5. The van der Waals surface area contributed by atoms with Crippen molar-refractivity contribution in [2.75, 3.05) is 18.4 Å². The van der Waals surface area contributed by atoms with Gasteiger partial charge in [0.2, 0.25) is 5.91 Å². The number of nitrogens with one attached hydrogen (secondary N) is 2. The van der Waals surface area contributed by atoms with Gasteiger partial charge in [0.15, 0.2) is 5.65 Å². The number of rotatable bonds is 7. The first-order chi connectivity index (χ1) is 16.7. The van der Waals surface area contributed by atoms with Gasteiger partial charge in [0.1, 0.15) is 12.1 Å². The van der Waals surface area contributed by atoms with E-state index in [-0.39, 0.29) is 17.9 Å². The van der Waals surface area contributed by atoms with Crippen LogP contribution in [0.5, 0.6) is 0 Å². The molecule has 1 aliphatic heterocycles. The summed E-state index contributed by atoms with van der Waals surface area (Å²) in [5, 5.41) is 8.01. The molecule has 1 saturated heterocycles. The van der Waals surface area contributed by atoms with Gasteiger partial charge in [-0.1, -0.05) is 13.8 Å². The van der Waals surface area contributed by atoms with Crippen LogP contribution in [0.25, 0.3) is 27.9 Å². The molecular formula is C26H34N8O. The lowest BCUT2D eigenvalue weighted by Crippen LogP contribution is -2.32. The first-order valence-corrected chi connectivity index (χ1v) is 12.3. The second-order valence-corrected chi connectivity index (χ2v) is 10.1. The van der Waals surface area contributed by atoms with E-state index in [1.54, 1.807) is 6.33 Å². The largest absolute Gasteiger partial charge is 0.370 e. The Morgan fingerprint density at radius 3 is 2.83 bits per heavy atom. The maximum atomic E-state index is 11.2. The number of fused-ring (bicyclic) bond motifs is 2. The first-order valence-electron chi connectivity index (χ1n) is 12.3. The van der Waals surface area contributed by atoms with Gasteiger partial charge in [-0.25, -0.2) is 14.5 Å². The molecule has 4 N–H and O–H groups in total. The Labute approximate surface area is 205 Å². The third-order valence-electron chi connectivity index (χ3n) is 7.35. The number of carbonyl (C=O) groups excluding carboxylic acids is 1. The Hall–Kier alpha value is -3.46. The van der Waals surface area contributed by atoms with Crippen LogP contribution in [-0.4, -0.2) is 60.5 Å². The van der Waals surface area contributed by atoms with Crippen molar-refractivity contribution in [1.29, 1.82) is 0 Å². The van der Waals surface area contributed by atoms with Crippen molar-refractivity contribution in [2.24, 2.45) is 5.73 Å². The molecule has 0 spiro atoms. The summed E-state index contributed by atoms with van der Waals surface area (Å²) in [5.74, 6) is 0.903. The fourth-order valence-electron chi connectivity index (χ4n) is 5.37. The average molecular weight is 475 g/mol. The lowest BCUT2D eigenvalue weighted by atomic mass is 9.95. The minimum absolute atomic E-state index is 0.251. The predicted molar refractivity (Wildman–Crippen MR) is 139 cm³/mol. The smallest absolute Gasteiger partial charge is 0.218 e. The second kappa shape index (κ2) is 8.96. The van der Waals surface area contributed by atoms with E-state index in [0.717, 1.165) is 52.3 Å². The summed E-state index contributed by atoms with van der Waals surface area (Å²) >= 11 is 0. The number of anilines is 1. The lowest BCUT2D eigenvalue weighted by molar-refractivity contribution is -0.118. The monoisotopic (exact) mass is 474 g/mol. The number of amides is 1. The van der Waals surface area contributed by atoms with Crippen LogP contribution in [0.2, 0.25) is 0 Å². The summed E-state index contributed by atoms with van der Waals surface area (Å²) < 4.78 is 1.85. The summed E-state index contributed by atoms with van der Waals surface area (Å²) in [4.78, 5) is 26.6. The number of aromatic amines is 1. The Balaban J connectivity index is 1.48. The van der Waals surface area contributed by atoms with E-state index in [1.807, 2.05) is 10.6 Å². The van der Waals surface area contributed by atoms with Gasteiger partial charge < -0.3 is 16.0 Å². The number of carbonyl (C=O) groups is 1. The van der Waals surface area contributed by atoms with Gasteiger partial charge in [-0.05, 0) is 56.4 Å². The molecule has 0 aromatic carbocycles. The molecule has 0 aliphatic carbocycles. The highest BCUT2D eigenvalue weighted by Crippen LogP contribution is 2.37. The molecule has 0 unspecified atom stereocenters. The summed E-state index contributed by atoms with van der Waals surface area (Å²) in [7, 11) is 0. The van der Waals surface area contributed by atoms with Crippen LogP contribution in [0.15, 0.2) is 24.7 Å². The molecule has 0 radical (unpaired) electrons. The molecule has 1 fully saturated rings. The van der Waals surface area contributed by atoms with E-state index in [2.05, 4.69) is 72.2 Å². The van der Waals surface area contributed by atoms with Gasteiger partial charge in [0.25, 0.3) is 0 Å². The standard InChI is InChI=1S/C26H34N8O/c1-14(2)23-24(19-12-34-26(28-13-29-34)17(5)16(19)4)31-20-6-7-22(32-25(20)23)30-18-10-15(3)33(11-18)9-8-21(27)35/h6-7,12-15,18,31H,8-11H2,1-5H3,(H2,27,35)(H,30,32)/t15-,18+/m1/s1. The number of aromatic nitrogens is 5. The van der Waals surface area contributed by atoms with Crippen LogP contribution in [0, 0.1) is 13.8 Å². The topological polar surface area (TPSA) is 117 Å². The second-order valence-electron chi connectivity index (χ2n) is 10.1. The molecule has 2 atom stereocenters. The van der Waals surface area contributed by atoms with Crippen LogP contribution in [0.4, 0.5) is 5.82 Å². The molecule has 1 amide bonds. The van der Waals surface area contributed by atoms with E-state index in [9.17, 15) is 4.79 Å². The van der Waals surface area contributed by atoms with Crippen LogP contribution < -0.4 is 11.1 Å². The highest BCUT2D eigenvalue weighted by molar-refractivity contribution is 5.90. The van der Waals surface area contributed by atoms with Crippen molar-refractivity contribution < 1.29 is 4.79 Å². The van der Waals surface area contributed by atoms with Crippen molar-refractivity contribution in [2.45, 2.75) is 65.5 Å². The fraction of sp³-hybridized carbons (Fsp3) is 0.462. The van der Waals surface area contributed by atoms with Gasteiger partial charge in [-0.15, -0.1) is 0 Å². The summed E-state index contributed by atoms with van der Waals surface area (Å²) in [5.41, 5.74) is 14.0. The SMILES string of the molecule is Cc1c(-c2[nH]c3ccc(N[C@H]4C[C@@H](C)N(CCC(N)=O)C4)nc3c2C(C)C)cn2ncnc2c1C. The maximum absolute atomic E-state index is 11.2. The van der Waals surface area contributed by atoms with Gasteiger partial charge in [0, 0.05) is 48.9 Å². The molecule has 1 aliphatic rings. The minimum Gasteiger partial charge on any atom is -0.370 e. The quantitative estimate of drug-likeness (QED) is 0.375. The number of hydrogen-bond donors (Lipinski definition) is 3. The van der Waals surface area contributed by atoms with Crippen LogP contribution in [0.1, 0.15) is 56.2 Å². The van der Waals surface area contributed by atoms with Crippen molar-refractivity contribution in [3.05, 3.63) is 41.3 Å². The lowest BCUT2D eigenvalue weighted by Gasteiger charge is -2.19. The predicted octanol–water partition coefficient (Wildman–Crippen LogP) is 3.76. The molecule has 4 aromatic rings. The Morgan fingerprint density at radius 2 is 2.09 bits per heavy atom. The summed E-state index contributed by atoms with van der Waals surface area (Å²) in [6, 6.07) is 4.84. The van der Waals surface area contributed by atoms with E-state index in [4.69, 9.17) is 10.7 Å². The Bertz CT molecular complexity index is 1400. The number of likely N-dealkylation sites (tertiary alicyclic amines) is 1. The highest BCUT2D eigenvalue weighted by Gasteiger charge is 2.29. The molecule has 5 rings (SSSR count). The highest BCUT2D eigenvalue weighted by atomic mass is 16.1. The van der Waals surface area contributed by atoms with Gasteiger partial charge in [-0.3, -0.25) is 9.69 Å². The number of primary amides is 1. The summed E-state index contributed by atoms with van der Waals surface area (Å²) in [6.45, 7) is 12.4. The molecular weight excluding hydrogens is 440 g/mol.